The minimum Gasteiger partial charge on any atom is -0.290 e. The lowest BCUT2D eigenvalue weighted by molar-refractivity contribution is -0.0602. The first-order chi connectivity index (χ1) is 10.1. The van der Waals surface area contributed by atoms with E-state index in [2.05, 4.69) is 10.1 Å². The summed E-state index contributed by atoms with van der Waals surface area (Å²) in [4.78, 5) is 1.53. The van der Waals surface area contributed by atoms with Gasteiger partial charge in [0.25, 0.3) is 0 Å². The fourth-order valence-electron chi connectivity index (χ4n) is 1.77. The number of likely N-dealkylation sites (N-methyl/N-ethyl adjacent to an activating group) is 1. The maximum atomic E-state index is 12.6. The van der Waals surface area contributed by atoms with Crippen molar-refractivity contribution >= 4 is 10.1 Å². The lowest BCUT2D eigenvalue weighted by Crippen LogP contribution is -2.38. The maximum absolute atomic E-state index is 12.6. The highest BCUT2D eigenvalue weighted by Gasteiger charge is 2.49. The lowest BCUT2D eigenvalue weighted by atomic mass is 10.0. The number of nitrogens with zero attached hydrogens (tertiary/aromatic N) is 1. The van der Waals surface area contributed by atoms with Crippen molar-refractivity contribution in [2.24, 2.45) is 0 Å². The summed E-state index contributed by atoms with van der Waals surface area (Å²) in [5.74, 6) is 2.35. The van der Waals surface area contributed by atoms with E-state index in [9.17, 15) is 21.6 Å². The monoisotopic (exact) mass is 335 g/mol. The number of hydrogen-bond donors (Lipinski definition) is 0. The molecule has 0 N–H and O–H groups in total. The van der Waals surface area contributed by atoms with Crippen molar-refractivity contribution in [2.75, 3.05) is 13.6 Å². The standard InChI is InChI=1S/C14H16F3NO3S/c1-4-10-18(3)11(2)13(12-8-6-5-7-9-12)21-22(19,20)14(15,16)17/h1,5-9,11,13H,10H2,2-3H3/t11-,13?/m1/s1. The molecule has 1 unspecified atom stereocenters. The summed E-state index contributed by atoms with van der Waals surface area (Å²) in [5, 5.41) is 0. The molecule has 0 radical (unpaired) electrons. The number of alkyl halides is 3. The van der Waals surface area contributed by atoms with Gasteiger partial charge in [-0.15, -0.1) is 6.42 Å². The smallest absolute Gasteiger partial charge is 0.290 e. The second-order valence-electron chi connectivity index (χ2n) is 4.69. The Morgan fingerprint density at radius 1 is 1.32 bits per heavy atom. The van der Waals surface area contributed by atoms with Crippen LogP contribution < -0.4 is 0 Å². The summed E-state index contributed by atoms with van der Waals surface area (Å²) in [6.45, 7) is 1.68. The molecule has 0 saturated heterocycles. The first-order valence-corrected chi connectivity index (χ1v) is 7.69. The molecular formula is C14H16F3NO3S. The van der Waals surface area contributed by atoms with Gasteiger partial charge in [0.1, 0.15) is 6.10 Å². The fraction of sp³-hybridized carbons (Fsp3) is 0.429. The lowest BCUT2D eigenvalue weighted by Gasteiger charge is -2.30. The van der Waals surface area contributed by atoms with Gasteiger partial charge in [0, 0.05) is 6.04 Å². The summed E-state index contributed by atoms with van der Waals surface area (Å²) < 4.78 is 64.8. The van der Waals surface area contributed by atoms with E-state index in [1.807, 2.05) is 0 Å². The highest BCUT2D eigenvalue weighted by atomic mass is 32.2. The molecule has 122 valence electrons. The third kappa shape index (κ3) is 4.47. The topological polar surface area (TPSA) is 46.6 Å². The van der Waals surface area contributed by atoms with Crippen molar-refractivity contribution in [3.8, 4) is 12.3 Å². The Bertz CT molecular complexity index is 623. The van der Waals surface area contributed by atoms with Crippen LogP contribution in [0.3, 0.4) is 0 Å². The molecule has 0 amide bonds. The average Bonchev–Trinajstić information content (AvgIpc) is 2.44. The van der Waals surface area contributed by atoms with E-state index in [4.69, 9.17) is 6.42 Å². The molecule has 0 fully saturated rings. The third-order valence-corrected chi connectivity index (χ3v) is 4.14. The molecule has 4 nitrogen and oxygen atoms in total. The van der Waals surface area contributed by atoms with Gasteiger partial charge in [-0.3, -0.25) is 9.08 Å². The third-order valence-electron chi connectivity index (χ3n) is 3.12. The molecule has 0 aliphatic carbocycles. The van der Waals surface area contributed by atoms with Gasteiger partial charge >= 0.3 is 15.6 Å². The minimum atomic E-state index is -5.72. The first kappa shape index (κ1) is 18.5. The van der Waals surface area contributed by atoms with E-state index in [1.165, 1.54) is 17.0 Å². The van der Waals surface area contributed by atoms with E-state index in [-0.39, 0.29) is 6.54 Å². The average molecular weight is 335 g/mol. The van der Waals surface area contributed by atoms with E-state index in [0.717, 1.165) is 0 Å². The Morgan fingerprint density at radius 3 is 2.32 bits per heavy atom. The van der Waals surface area contributed by atoms with Crippen LogP contribution in [0.4, 0.5) is 13.2 Å². The second-order valence-corrected chi connectivity index (χ2v) is 6.25. The first-order valence-electron chi connectivity index (χ1n) is 6.28. The van der Waals surface area contributed by atoms with Crippen molar-refractivity contribution in [3.05, 3.63) is 35.9 Å². The molecule has 0 bridgehead atoms. The highest BCUT2D eigenvalue weighted by molar-refractivity contribution is 7.87. The van der Waals surface area contributed by atoms with Gasteiger partial charge in [0.05, 0.1) is 6.54 Å². The molecule has 22 heavy (non-hydrogen) atoms. The van der Waals surface area contributed by atoms with Gasteiger partial charge in [-0.25, -0.2) is 0 Å². The number of rotatable bonds is 6. The van der Waals surface area contributed by atoms with Gasteiger partial charge in [0.15, 0.2) is 0 Å². The van der Waals surface area contributed by atoms with Crippen molar-refractivity contribution in [2.45, 2.75) is 24.6 Å². The normalized spacial score (nSPS) is 15.3. The van der Waals surface area contributed by atoms with E-state index < -0.39 is 27.8 Å². The molecule has 1 rings (SSSR count). The molecule has 0 saturated carbocycles. The van der Waals surface area contributed by atoms with E-state index >= 15 is 0 Å². The van der Waals surface area contributed by atoms with Gasteiger partial charge in [0.2, 0.25) is 0 Å². The molecular weight excluding hydrogens is 319 g/mol. The molecule has 0 aliphatic rings. The van der Waals surface area contributed by atoms with Crippen LogP contribution in [0.1, 0.15) is 18.6 Å². The van der Waals surface area contributed by atoms with Crippen LogP contribution in [0.15, 0.2) is 30.3 Å². The number of halogens is 3. The molecule has 8 heteroatoms. The molecule has 2 atom stereocenters. The predicted octanol–water partition coefficient (Wildman–Crippen LogP) is 2.55. The van der Waals surface area contributed by atoms with Crippen molar-refractivity contribution in [1.29, 1.82) is 0 Å². The number of terminal acetylenes is 1. The van der Waals surface area contributed by atoms with Crippen LogP contribution in [0.25, 0.3) is 0 Å². The van der Waals surface area contributed by atoms with E-state index in [1.54, 1.807) is 32.2 Å². The Kier molecular flexibility index (Phi) is 6.00. The largest absolute Gasteiger partial charge is 0.523 e. The predicted molar refractivity (Wildman–Crippen MR) is 76.2 cm³/mol. The molecule has 1 aromatic rings. The summed E-state index contributed by atoms with van der Waals surface area (Å²) in [6.07, 6.45) is 3.84. The van der Waals surface area contributed by atoms with Crippen LogP contribution in [0.2, 0.25) is 0 Å². The summed E-state index contributed by atoms with van der Waals surface area (Å²) in [5.41, 5.74) is -5.17. The van der Waals surface area contributed by atoms with E-state index in [0.29, 0.717) is 5.56 Å². The Morgan fingerprint density at radius 2 is 1.86 bits per heavy atom. The van der Waals surface area contributed by atoms with Crippen LogP contribution in [-0.2, 0) is 14.3 Å². The molecule has 1 aromatic carbocycles. The zero-order valence-corrected chi connectivity index (χ0v) is 12.9. The van der Waals surface area contributed by atoms with Gasteiger partial charge < -0.3 is 0 Å². The molecule has 0 spiro atoms. The Balaban J connectivity index is 3.17. The zero-order valence-electron chi connectivity index (χ0n) is 12.0. The number of hydrogen-bond acceptors (Lipinski definition) is 4. The quantitative estimate of drug-likeness (QED) is 0.455. The van der Waals surface area contributed by atoms with Gasteiger partial charge in [-0.05, 0) is 19.5 Å². The Hall–Kier alpha value is -1.56. The molecule has 0 aliphatic heterocycles. The van der Waals surface area contributed by atoms with Crippen LogP contribution in [-0.4, -0.2) is 38.5 Å². The number of benzene rings is 1. The highest BCUT2D eigenvalue weighted by Crippen LogP contribution is 2.33. The minimum absolute atomic E-state index is 0.139. The van der Waals surface area contributed by atoms with Crippen LogP contribution in [0, 0.1) is 12.3 Å². The van der Waals surface area contributed by atoms with Gasteiger partial charge in [-0.1, -0.05) is 36.3 Å². The zero-order chi connectivity index (χ0) is 17.0. The van der Waals surface area contributed by atoms with Crippen LogP contribution in [0.5, 0.6) is 0 Å². The summed E-state index contributed by atoms with van der Waals surface area (Å²) >= 11 is 0. The second kappa shape index (κ2) is 7.13. The van der Waals surface area contributed by atoms with Crippen molar-refractivity contribution in [1.82, 2.24) is 4.90 Å². The SMILES string of the molecule is C#CCN(C)[C@H](C)C(OS(=O)(=O)C(F)(F)F)c1ccccc1. The molecule has 0 aromatic heterocycles. The Labute approximate surface area is 128 Å². The van der Waals surface area contributed by atoms with Gasteiger partial charge in [-0.2, -0.15) is 21.6 Å². The van der Waals surface area contributed by atoms with Crippen molar-refractivity contribution in [3.63, 3.8) is 0 Å². The van der Waals surface area contributed by atoms with Crippen molar-refractivity contribution < 1.29 is 25.8 Å². The summed E-state index contributed by atoms with van der Waals surface area (Å²) in [7, 11) is -4.14. The van der Waals surface area contributed by atoms with Crippen LogP contribution >= 0.6 is 0 Å². The summed E-state index contributed by atoms with van der Waals surface area (Å²) in [6, 6.07) is 7.14. The molecule has 0 heterocycles. The fourth-order valence-corrected chi connectivity index (χ4v) is 2.42. The maximum Gasteiger partial charge on any atom is 0.523 e.